The van der Waals surface area contributed by atoms with Crippen LogP contribution < -0.4 is 15.6 Å². The van der Waals surface area contributed by atoms with Gasteiger partial charge in [-0.05, 0) is 56.7 Å². The van der Waals surface area contributed by atoms with Crippen LogP contribution in [0.15, 0.2) is 41.3 Å². The smallest absolute Gasteiger partial charge is 0.269 e. The molecule has 0 aliphatic carbocycles. The number of morpholine rings is 1. The highest BCUT2D eigenvalue weighted by Crippen LogP contribution is 2.34. The molecule has 1 aliphatic heterocycles. The summed E-state index contributed by atoms with van der Waals surface area (Å²) in [5.74, 6) is 0.252. The number of rotatable bonds is 6. The van der Waals surface area contributed by atoms with E-state index < -0.39 is 15.9 Å². The highest BCUT2D eigenvalue weighted by Gasteiger charge is 2.32. The molecule has 4 rings (SSSR count). The van der Waals surface area contributed by atoms with Gasteiger partial charge in [-0.15, -0.1) is 0 Å². The minimum Gasteiger partial charge on any atom is -0.494 e. The molecular formula is C22H26N4O5S2. The van der Waals surface area contributed by atoms with Gasteiger partial charge >= 0.3 is 0 Å². The molecule has 2 aromatic carbocycles. The van der Waals surface area contributed by atoms with Gasteiger partial charge in [0.15, 0.2) is 0 Å². The number of nitrogens with zero attached hydrogens (tertiary/aromatic N) is 2. The van der Waals surface area contributed by atoms with E-state index in [2.05, 4.69) is 15.8 Å². The van der Waals surface area contributed by atoms with E-state index in [0.29, 0.717) is 29.5 Å². The topological polar surface area (TPSA) is 110 Å². The van der Waals surface area contributed by atoms with Gasteiger partial charge in [-0.1, -0.05) is 17.4 Å². The first-order chi connectivity index (χ1) is 15.7. The van der Waals surface area contributed by atoms with Crippen molar-refractivity contribution >= 4 is 42.6 Å². The maximum atomic E-state index is 13.0. The zero-order valence-electron chi connectivity index (χ0n) is 18.8. The SMILES string of the molecule is COc1ccc(C)c2sc(NNC(=O)c3ccc(S(=O)(=O)N4C[C@@H](C)O[C@H](C)C4)cc3)nc12. The molecule has 1 saturated heterocycles. The summed E-state index contributed by atoms with van der Waals surface area (Å²) in [6, 6.07) is 9.68. The van der Waals surface area contributed by atoms with Gasteiger partial charge in [0.25, 0.3) is 5.91 Å². The Morgan fingerprint density at radius 2 is 1.82 bits per heavy atom. The molecule has 0 spiro atoms. The summed E-state index contributed by atoms with van der Waals surface area (Å²) in [4.78, 5) is 17.2. The Hall–Kier alpha value is -2.73. The molecule has 33 heavy (non-hydrogen) atoms. The summed E-state index contributed by atoms with van der Waals surface area (Å²) in [5, 5.41) is 0.515. The van der Waals surface area contributed by atoms with Crippen LogP contribution in [0.1, 0.15) is 29.8 Å². The van der Waals surface area contributed by atoms with Crippen molar-refractivity contribution in [3.8, 4) is 5.75 Å². The van der Waals surface area contributed by atoms with Crippen molar-refractivity contribution < 1.29 is 22.7 Å². The molecule has 1 aromatic heterocycles. The first-order valence-electron chi connectivity index (χ1n) is 10.4. The van der Waals surface area contributed by atoms with Crippen LogP contribution in [0.25, 0.3) is 10.2 Å². The maximum Gasteiger partial charge on any atom is 0.269 e. The number of thiazole rings is 1. The van der Waals surface area contributed by atoms with Crippen LogP contribution in [-0.2, 0) is 14.8 Å². The molecule has 1 aliphatic rings. The zero-order chi connectivity index (χ0) is 23.8. The molecule has 0 bridgehead atoms. The number of aryl methyl sites for hydroxylation is 1. The number of methoxy groups -OCH3 is 1. The highest BCUT2D eigenvalue weighted by molar-refractivity contribution is 7.89. The largest absolute Gasteiger partial charge is 0.494 e. The first-order valence-corrected chi connectivity index (χ1v) is 12.7. The van der Waals surface area contributed by atoms with Gasteiger partial charge in [0.1, 0.15) is 11.3 Å². The van der Waals surface area contributed by atoms with Crippen molar-refractivity contribution in [2.45, 2.75) is 37.9 Å². The number of carbonyl (C=O) groups is 1. The number of ether oxygens (including phenoxy) is 2. The minimum atomic E-state index is -3.67. The highest BCUT2D eigenvalue weighted by atomic mass is 32.2. The van der Waals surface area contributed by atoms with Gasteiger partial charge < -0.3 is 9.47 Å². The molecule has 0 unspecified atom stereocenters. The van der Waals surface area contributed by atoms with Gasteiger partial charge in [0.2, 0.25) is 15.2 Å². The predicted octanol–water partition coefficient (Wildman–Crippen LogP) is 3.17. The summed E-state index contributed by atoms with van der Waals surface area (Å²) < 4.78 is 39.3. The summed E-state index contributed by atoms with van der Waals surface area (Å²) in [6.45, 7) is 6.27. The van der Waals surface area contributed by atoms with Crippen molar-refractivity contribution in [1.29, 1.82) is 0 Å². The lowest BCUT2D eigenvalue weighted by molar-refractivity contribution is -0.0440. The predicted molar refractivity (Wildman–Crippen MR) is 127 cm³/mol. The number of benzene rings is 2. The van der Waals surface area contributed by atoms with E-state index in [4.69, 9.17) is 9.47 Å². The molecule has 11 heteroatoms. The molecule has 3 aromatic rings. The summed E-state index contributed by atoms with van der Waals surface area (Å²) in [7, 11) is -2.08. The minimum absolute atomic E-state index is 0.141. The Kier molecular flexibility index (Phi) is 6.57. The van der Waals surface area contributed by atoms with Crippen molar-refractivity contribution in [2.24, 2.45) is 0 Å². The Bertz CT molecular complexity index is 1260. The summed E-state index contributed by atoms with van der Waals surface area (Å²) >= 11 is 1.40. The molecule has 2 heterocycles. The van der Waals surface area contributed by atoms with Crippen LogP contribution in [0.3, 0.4) is 0 Å². The van der Waals surface area contributed by atoms with Crippen LogP contribution in [-0.4, -0.2) is 56.0 Å². The Balaban J connectivity index is 1.45. The number of anilines is 1. The second kappa shape index (κ2) is 9.26. The van der Waals surface area contributed by atoms with E-state index in [1.807, 2.05) is 32.9 Å². The monoisotopic (exact) mass is 490 g/mol. The van der Waals surface area contributed by atoms with E-state index in [0.717, 1.165) is 15.8 Å². The van der Waals surface area contributed by atoms with Gasteiger partial charge in [-0.25, -0.2) is 13.4 Å². The van der Waals surface area contributed by atoms with Crippen LogP contribution in [0.4, 0.5) is 5.13 Å². The number of carbonyl (C=O) groups excluding carboxylic acids is 1. The molecule has 2 N–H and O–H groups in total. The first kappa shape index (κ1) is 23.4. The number of aromatic nitrogens is 1. The third-order valence-electron chi connectivity index (χ3n) is 5.35. The molecule has 176 valence electrons. The second-order valence-electron chi connectivity index (χ2n) is 7.96. The maximum absolute atomic E-state index is 13.0. The number of fused-ring (bicyclic) bond motifs is 1. The lowest BCUT2D eigenvalue weighted by Crippen LogP contribution is -2.48. The molecule has 9 nitrogen and oxygen atoms in total. The van der Waals surface area contributed by atoms with Crippen LogP contribution in [0, 0.1) is 6.92 Å². The normalized spacial score (nSPS) is 19.4. The van der Waals surface area contributed by atoms with E-state index >= 15 is 0 Å². The molecule has 1 amide bonds. The van der Waals surface area contributed by atoms with Crippen molar-refractivity contribution in [3.63, 3.8) is 0 Å². The van der Waals surface area contributed by atoms with E-state index in [-0.39, 0.29) is 17.1 Å². The second-order valence-corrected chi connectivity index (χ2v) is 10.9. The number of hydrogen-bond donors (Lipinski definition) is 2. The van der Waals surface area contributed by atoms with Crippen molar-refractivity contribution in [2.75, 3.05) is 25.6 Å². The quantitative estimate of drug-likeness (QED) is 0.511. The van der Waals surface area contributed by atoms with Gasteiger partial charge in [0, 0.05) is 18.7 Å². The Morgan fingerprint density at radius 1 is 1.15 bits per heavy atom. The number of nitrogens with one attached hydrogen (secondary N) is 2. The van der Waals surface area contributed by atoms with E-state index in [1.54, 1.807) is 7.11 Å². The van der Waals surface area contributed by atoms with Gasteiger partial charge in [-0.3, -0.25) is 15.6 Å². The van der Waals surface area contributed by atoms with Gasteiger partial charge in [0.05, 0.1) is 28.9 Å². The van der Waals surface area contributed by atoms with Gasteiger partial charge in [-0.2, -0.15) is 4.31 Å². The molecule has 2 atom stereocenters. The zero-order valence-corrected chi connectivity index (χ0v) is 20.4. The van der Waals surface area contributed by atoms with E-state index in [9.17, 15) is 13.2 Å². The standard InChI is InChI=1S/C22H26N4O5S2/c1-13-5-10-18(30-4)19-20(13)32-22(23-19)25-24-21(27)16-6-8-17(9-7-16)33(28,29)26-11-14(2)31-15(3)12-26/h5-10,14-15H,11-12H2,1-4H3,(H,23,25)(H,24,27)/t14-,15-/m1/s1. The molecule has 1 fully saturated rings. The van der Waals surface area contributed by atoms with Crippen LogP contribution in [0.5, 0.6) is 5.75 Å². The fourth-order valence-electron chi connectivity index (χ4n) is 3.76. The number of hydrazine groups is 1. The Morgan fingerprint density at radius 3 is 2.45 bits per heavy atom. The number of amides is 1. The number of hydrogen-bond acceptors (Lipinski definition) is 8. The molecular weight excluding hydrogens is 464 g/mol. The lowest BCUT2D eigenvalue weighted by Gasteiger charge is -2.34. The van der Waals surface area contributed by atoms with E-state index in [1.165, 1.54) is 39.9 Å². The van der Waals surface area contributed by atoms with Crippen LogP contribution in [0.2, 0.25) is 0 Å². The third kappa shape index (κ3) is 4.81. The molecule has 0 saturated carbocycles. The fraction of sp³-hybridized carbons (Fsp3) is 0.364. The van der Waals surface area contributed by atoms with Crippen molar-refractivity contribution in [1.82, 2.24) is 14.7 Å². The average Bonchev–Trinajstić information content (AvgIpc) is 3.22. The summed E-state index contributed by atoms with van der Waals surface area (Å²) in [5.41, 5.74) is 7.54. The fourth-order valence-corrected chi connectivity index (χ4v) is 6.26. The average molecular weight is 491 g/mol. The van der Waals surface area contributed by atoms with Crippen LogP contribution >= 0.6 is 11.3 Å². The molecule has 0 radical (unpaired) electrons. The number of sulfonamides is 1. The third-order valence-corrected chi connectivity index (χ3v) is 8.30. The Labute approximate surface area is 196 Å². The summed E-state index contributed by atoms with van der Waals surface area (Å²) in [6.07, 6.45) is -0.350. The lowest BCUT2D eigenvalue weighted by atomic mass is 10.2. The van der Waals surface area contributed by atoms with Crippen molar-refractivity contribution in [3.05, 3.63) is 47.5 Å².